The maximum Gasteiger partial charge on any atom is 0.177 e. The lowest BCUT2D eigenvalue weighted by molar-refractivity contribution is 0.222. The molecule has 0 amide bonds. The Bertz CT molecular complexity index is 182. The first-order valence-corrected chi connectivity index (χ1v) is 5.48. The van der Waals surface area contributed by atoms with Gasteiger partial charge in [0, 0.05) is 6.54 Å². The number of rotatable bonds is 6. The maximum absolute atomic E-state index is 5.40. The SMILES string of the molecule is CC[C@H](C)[C@@H](C(=S)OCCN)N(C)C.Cl.Cl. The van der Waals surface area contributed by atoms with Crippen molar-refractivity contribution in [3.05, 3.63) is 0 Å². The number of nitrogens with zero attached hydrogens (tertiary/aromatic N) is 1. The van der Waals surface area contributed by atoms with E-state index in [-0.39, 0.29) is 30.9 Å². The van der Waals surface area contributed by atoms with E-state index < -0.39 is 0 Å². The van der Waals surface area contributed by atoms with Crippen LogP contribution in [-0.4, -0.2) is 43.2 Å². The summed E-state index contributed by atoms with van der Waals surface area (Å²) in [4.78, 5) is 2.10. The first-order valence-electron chi connectivity index (χ1n) is 5.07. The molecule has 0 aromatic rings. The minimum Gasteiger partial charge on any atom is -0.484 e. The number of halogens is 2. The van der Waals surface area contributed by atoms with Crippen molar-refractivity contribution in [3.8, 4) is 0 Å². The van der Waals surface area contributed by atoms with Crippen molar-refractivity contribution >= 4 is 42.1 Å². The summed E-state index contributed by atoms with van der Waals surface area (Å²) in [5.74, 6) is 0.510. The van der Waals surface area contributed by atoms with E-state index in [0.29, 0.717) is 24.1 Å². The van der Waals surface area contributed by atoms with Crippen LogP contribution in [0.5, 0.6) is 0 Å². The first-order chi connectivity index (χ1) is 6.54. The zero-order valence-electron chi connectivity index (χ0n) is 10.4. The summed E-state index contributed by atoms with van der Waals surface area (Å²) in [5, 5.41) is 0.662. The molecule has 0 aliphatic rings. The second-order valence-corrected chi connectivity index (χ2v) is 4.15. The third-order valence-electron chi connectivity index (χ3n) is 2.34. The van der Waals surface area contributed by atoms with Gasteiger partial charge in [-0.25, -0.2) is 0 Å². The smallest absolute Gasteiger partial charge is 0.177 e. The van der Waals surface area contributed by atoms with E-state index in [9.17, 15) is 0 Å². The number of likely N-dealkylation sites (N-methyl/N-ethyl adjacent to an activating group) is 1. The summed E-state index contributed by atoms with van der Waals surface area (Å²) < 4.78 is 5.40. The number of nitrogens with two attached hydrogens (primary N) is 1. The lowest BCUT2D eigenvalue weighted by Crippen LogP contribution is -2.41. The average molecular weight is 291 g/mol. The van der Waals surface area contributed by atoms with Crippen molar-refractivity contribution in [1.82, 2.24) is 4.90 Å². The number of thiocarbonyl (C=S) groups is 1. The Balaban J connectivity index is -0.000000845. The van der Waals surface area contributed by atoms with Gasteiger partial charge in [0.2, 0.25) is 0 Å². The molecule has 0 saturated heterocycles. The zero-order chi connectivity index (χ0) is 11.1. The Labute approximate surface area is 117 Å². The molecule has 0 fully saturated rings. The van der Waals surface area contributed by atoms with Gasteiger partial charge in [0.05, 0.1) is 6.04 Å². The van der Waals surface area contributed by atoms with Crippen molar-refractivity contribution in [1.29, 1.82) is 0 Å². The van der Waals surface area contributed by atoms with Crippen LogP contribution in [0.3, 0.4) is 0 Å². The van der Waals surface area contributed by atoms with Crippen molar-refractivity contribution in [2.45, 2.75) is 26.3 Å². The average Bonchev–Trinajstić information content (AvgIpc) is 2.14. The Kier molecular flexibility index (Phi) is 16.1. The summed E-state index contributed by atoms with van der Waals surface area (Å²) >= 11 is 5.24. The topological polar surface area (TPSA) is 38.5 Å². The molecule has 0 aliphatic carbocycles. The molecule has 0 rings (SSSR count). The quantitative estimate of drug-likeness (QED) is 0.761. The summed E-state index contributed by atoms with van der Waals surface area (Å²) in [7, 11) is 4.05. The van der Waals surface area contributed by atoms with Crippen molar-refractivity contribution in [2.24, 2.45) is 11.7 Å². The van der Waals surface area contributed by atoms with Crippen LogP contribution in [0.1, 0.15) is 20.3 Å². The van der Waals surface area contributed by atoms with Crippen LogP contribution < -0.4 is 5.73 Å². The first kappa shape index (κ1) is 21.7. The van der Waals surface area contributed by atoms with E-state index in [2.05, 4.69) is 18.7 Å². The van der Waals surface area contributed by atoms with Crippen LogP contribution in [0.4, 0.5) is 0 Å². The predicted molar refractivity (Wildman–Crippen MR) is 79.0 cm³/mol. The molecule has 0 spiro atoms. The normalized spacial score (nSPS) is 13.4. The zero-order valence-corrected chi connectivity index (χ0v) is 12.9. The Morgan fingerprint density at radius 3 is 2.19 bits per heavy atom. The molecule has 0 aliphatic heterocycles. The fourth-order valence-corrected chi connectivity index (χ4v) is 1.95. The van der Waals surface area contributed by atoms with E-state index in [4.69, 9.17) is 22.7 Å². The molecule has 3 nitrogen and oxygen atoms in total. The molecule has 0 unspecified atom stereocenters. The van der Waals surface area contributed by atoms with E-state index in [1.54, 1.807) is 0 Å². The third-order valence-corrected chi connectivity index (χ3v) is 2.70. The highest BCUT2D eigenvalue weighted by molar-refractivity contribution is 7.80. The third kappa shape index (κ3) is 7.63. The van der Waals surface area contributed by atoms with Gasteiger partial charge in [-0.15, -0.1) is 24.8 Å². The Hall–Kier alpha value is 0.390. The van der Waals surface area contributed by atoms with Crippen LogP contribution >= 0.6 is 37.0 Å². The fourth-order valence-electron chi connectivity index (χ4n) is 1.42. The highest BCUT2D eigenvalue weighted by Gasteiger charge is 2.23. The lowest BCUT2D eigenvalue weighted by Gasteiger charge is -2.29. The number of ether oxygens (including phenoxy) is 1. The van der Waals surface area contributed by atoms with Gasteiger partial charge in [0.15, 0.2) is 5.05 Å². The van der Waals surface area contributed by atoms with Crippen LogP contribution in [0, 0.1) is 5.92 Å². The molecule has 2 N–H and O–H groups in total. The Morgan fingerprint density at radius 1 is 1.38 bits per heavy atom. The van der Waals surface area contributed by atoms with Gasteiger partial charge >= 0.3 is 0 Å². The second-order valence-electron chi connectivity index (χ2n) is 3.75. The largest absolute Gasteiger partial charge is 0.484 e. The van der Waals surface area contributed by atoms with E-state index in [0.717, 1.165) is 6.42 Å². The molecule has 0 heterocycles. The molecule has 0 saturated carbocycles. The molecule has 100 valence electrons. The van der Waals surface area contributed by atoms with Crippen LogP contribution in [0.2, 0.25) is 0 Å². The minimum absolute atomic E-state index is 0. The molecule has 6 heteroatoms. The standard InChI is InChI=1S/C10H22N2OS.2ClH/c1-5-8(2)9(12(3)4)10(14)13-7-6-11;;/h8-9H,5-7,11H2,1-4H3;2*1H/t8-,9-;;/m0../s1. The molecule has 0 bridgehead atoms. The number of hydrogen-bond acceptors (Lipinski definition) is 4. The summed E-state index contributed by atoms with van der Waals surface area (Å²) in [5.41, 5.74) is 5.36. The number of hydrogen-bond donors (Lipinski definition) is 1. The van der Waals surface area contributed by atoms with Crippen LogP contribution in [0.15, 0.2) is 0 Å². The van der Waals surface area contributed by atoms with Gasteiger partial charge in [-0.3, -0.25) is 4.90 Å². The molecular weight excluding hydrogens is 267 g/mol. The highest BCUT2D eigenvalue weighted by Crippen LogP contribution is 2.14. The molecule has 16 heavy (non-hydrogen) atoms. The van der Waals surface area contributed by atoms with E-state index in [1.807, 2.05) is 14.1 Å². The van der Waals surface area contributed by atoms with E-state index in [1.165, 1.54) is 0 Å². The molecular formula is C10H24Cl2N2OS. The molecule has 0 radical (unpaired) electrons. The van der Waals surface area contributed by atoms with Gasteiger partial charge in [-0.1, -0.05) is 20.3 Å². The summed E-state index contributed by atoms with van der Waals surface area (Å²) in [6.45, 7) is 5.37. The van der Waals surface area contributed by atoms with Crippen molar-refractivity contribution in [2.75, 3.05) is 27.2 Å². The molecule has 0 aromatic heterocycles. The summed E-state index contributed by atoms with van der Waals surface area (Å²) in [6, 6.07) is 0.210. The van der Waals surface area contributed by atoms with Gasteiger partial charge in [0.1, 0.15) is 6.61 Å². The minimum atomic E-state index is 0. The lowest BCUT2D eigenvalue weighted by atomic mass is 9.99. The van der Waals surface area contributed by atoms with Crippen LogP contribution in [-0.2, 0) is 4.74 Å². The van der Waals surface area contributed by atoms with Crippen molar-refractivity contribution in [3.63, 3.8) is 0 Å². The maximum atomic E-state index is 5.40. The second kappa shape index (κ2) is 11.9. The summed E-state index contributed by atoms with van der Waals surface area (Å²) in [6.07, 6.45) is 1.09. The molecule has 0 aromatic carbocycles. The van der Waals surface area contributed by atoms with Crippen LogP contribution in [0.25, 0.3) is 0 Å². The predicted octanol–water partition coefficient (Wildman–Crippen LogP) is 2.11. The van der Waals surface area contributed by atoms with Gasteiger partial charge in [-0.05, 0) is 32.2 Å². The van der Waals surface area contributed by atoms with Gasteiger partial charge in [-0.2, -0.15) is 0 Å². The highest BCUT2D eigenvalue weighted by atomic mass is 35.5. The monoisotopic (exact) mass is 290 g/mol. The van der Waals surface area contributed by atoms with Crippen molar-refractivity contribution < 1.29 is 4.74 Å². The van der Waals surface area contributed by atoms with Gasteiger partial charge in [0.25, 0.3) is 0 Å². The van der Waals surface area contributed by atoms with Gasteiger partial charge < -0.3 is 10.5 Å². The molecule has 2 atom stereocenters. The fraction of sp³-hybridized carbons (Fsp3) is 0.900. The Morgan fingerprint density at radius 2 is 1.88 bits per heavy atom. The van der Waals surface area contributed by atoms with E-state index >= 15 is 0 Å².